The van der Waals surface area contributed by atoms with E-state index in [4.69, 9.17) is 4.52 Å². The van der Waals surface area contributed by atoms with Gasteiger partial charge in [-0.15, -0.1) is 11.3 Å². The van der Waals surface area contributed by atoms with Crippen molar-refractivity contribution in [1.29, 1.82) is 0 Å². The van der Waals surface area contributed by atoms with E-state index in [9.17, 15) is 4.79 Å². The van der Waals surface area contributed by atoms with Gasteiger partial charge in [0.05, 0.1) is 0 Å². The van der Waals surface area contributed by atoms with Crippen LogP contribution < -0.4 is 5.32 Å². The van der Waals surface area contributed by atoms with Gasteiger partial charge in [0.2, 0.25) is 0 Å². The zero-order valence-corrected chi connectivity index (χ0v) is 13.8. The molecule has 0 unspecified atom stereocenters. The summed E-state index contributed by atoms with van der Waals surface area (Å²) in [6, 6.07) is 7.91. The summed E-state index contributed by atoms with van der Waals surface area (Å²) in [6.45, 7) is 4.08. The van der Waals surface area contributed by atoms with Crippen LogP contribution >= 0.6 is 11.3 Å². The summed E-state index contributed by atoms with van der Waals surface area (Å²) in [4.78, 5) is 13.9. The lowest BCUT2D eigenvalue weighted by Gasteiger charge is -2.11. The third kappa shape index (κ3) is 2.37. The number of carbonyl (C=O) groups is 1. The molecule has 0 aliphatic heterocycles. The lowest BCUT2D eigenvalue weighted by atomic mass is 9.95. The van der Waals surface area contributed by atoms with E-state index in [0.29, 0.717) is 5.69 Å². The maximum atomic E-state index is 12.6. The van der Waals surface area contributed by atoms with Crippen molar-refractivity contribution in [1.82, 2.24) is 5.16 Å². The van der Waals surface area contributed by atoms with Gasteiger partial charge in [-0.25, -0.2) is 0 Å². The fourth-order valence-corrected chi connectivity index (χ4v) is 3.79. The Morgan fingerprint density at radius 2 is 2.09 bits per heavy atom. The van der Waals surface area contributed by atoms with E-state index < -0.39 is 0 Å². The van der Waals surface area contributed by atoms with E-state index in [1.165, 1.54) is 10.4 Å². The Morgan fingerprint density at radius 3 is 2.91 bits per heavy atom. The highest BCUT2D eigenvalue weighted by Crippen LogP contribution is 2.38. The first-order valence-electron chi connectivity index (χ1n) is 7.57. The van der Waals surface area contributed by atoms with E-state index in [2.05, 4.69) is 15.9 Å². The zero-order valence-electron chi connectivity index (χ0n) is 13.0. The highest BCUT2D eigenvalue weighted by atomic mass is 32.1. The van der Waals surface area contributed by atoms with Crippen LogP contribution in [0.3, 0.4) is 0 Å². The number of carbonyl (C=O) groups excluding carboxylic acids is 1. The van der Waals surface area contributed by atoms with Crippen molar-refractivity contribution in [3.8, 4) is 11.3 Å². The molecular formula is C18H16N2O2S. The standard InChI is InChI=1S/C18H16N2O2S/c1-10-3-4-12(9-11(10)2)19-18(21)16-14-5-6-15-13(7-8-23-15)17(14)22-20-16/h3-4,7-9H,5-6H2,1-2H3,(H,19,21). The van der Waals surface area contributed by atoms with Gasteiger partial charge in [0.1, 0.15) is 0 Å². The summed E-state index contributed by atoms with van der Waals surface area (Å²) in [7, 11) is 0. The maximum absolute atomic E-state index is 12.6. The van der Waals surface area contributed by atoms with Crippen molar-refractivity contribution < 1.29 is 9.32 Å². The molecule has 4 rings (SSSR count). The number of amides is 1. The number of anilines is 1. The lowest BCUT2D eigenvalue weighted by Crippen LogP contribution is -2.15. The van der Waals surface area contributed by atoms with Gasteiger partial charge in [-0.05, 0) is 61.4 Å². The predicted molar refractivity (Wildman–Crippen MR) is 91.1 cm³/mol. The maximum Gasteiger partial charge on any atom is 0.278 e. The first-order valence-corrected chi connectivity index (χ1v) is 8.45. The Labute approximate surface area is 138 Å². The molecule has 1 aliphatic rings. The second kappa shape index (κ2) is 5.35. The average molecular weight is 324 g/mol. The minimum atomic E-state index is -0.211. The summed E-state index contributed by atoms with van der Waals surface area (Å²) >= 11 is 1.72. The van der Waals surface area contributed by atoms with Crippen LogP contribution in [0.2, 0.25) is 0 Å². The van der Waals surface area contributed by atoms with Gasteiger partial charge in [-0.2, -0.15) is 0 Å². The largest absolute Gasteiger partial charge is 0.355 e. The van der Waals surface area contributed by atoms with Crippen molar-refractivity contribution in [2.24, 2.45) is 0 Å². The Bertz CT molecular complexity index is 908. The molecule has 2 heterocycles. The molecule has 0 radical (unpaired) electrons. The van der Waals surface area contributed by atoms with Crippen LogP contribution in [0.1, 0.15) is 32.1 Å². The van der Waals surface area contributed by atoms with Crippen molar-refractivity contribution in [2.75, 3.05) is 5.32 Å². The Kier molecular flexibility index (Phi) is 3.31. The van der Waals surface area contributed by atoms with Gasteiger partial charge in [0.25, 0.3) is 5.91 Å². The topological polar surface area (TPSA) is 55.1 Å². The monoisotopic (exact) mass is 324 g/mol. The van der Waals surface area contributed by atoms with Crippen molar-refractivity contribution >= 4 is 22.9 Å². The van der Waals surface area contributed by atoms with E-state index in [0.717, 1.165) is 41.0 Å². The van der Waals surface area contributed by atoms with Gasteiger partial charge in [0.15, 0.2) is 11.5 Å². The van der Waals surface area contributed by atoms with Crippen LogP contribution in [0, 0.1) is 13.8 Å². The van der Waals surface area contributed by atoms with Gasteiger partial charge in [0, 0.05) is 21.7 Å². The van der Waals surface area contributed by atoms with Crippen molar-refractivity contribution in [3.05, 3.63) is 56.9 Å². The fourth-order valence-electron chi connectivity index (χ4n) is 2.92. The smallest absolute Gasteiger partial charge is 0.278 e. The summed E-state index contributed by atoms with van der Waals surface area (Å²) in [6.07, 6.45) is 1.73. The summed E-state index contributed by atoms with van der Waals surface area (Å²) in [5.41, 5.74) is 5.52. The molecular weight excluding hydrogens is 308 g/mol. The summed E-state index contributed by atoms with van der Waals surface area (Å²) in [5, 5.41) is 9.00. The Hall–Kier alpha value is -2.40. The van der Waals surface area contributed by atoms with E-state index in [1.807, 2.05) is 38.1 Å². The predicted octanol–water partition coefficient (Wildman–Crippen LogP) is 4.37. The molecule has 0 bridgehead atoms. The molecule has 1 amide bonds. The third-order valence-corrected chi connectivity index (χ3v) is 5.34. The van der Waals surface area contributed by atoms with Crippen molar-refractivity contribution in [3.63, 3.8) is 0 Å². The van der Waals surface area contributed by atoms with Gasteiger partial charge < -0.3 is 9.84 Å². The summed E-state index contributed by atoms with van der Waals surface area (Å²) in [5.74, 6) is 0.537. The van der Waals surface area contributed by atoms with Gasteiger partial charge in [-0.1, -0.05) is 11.2 Å². The third-order valence-electron chi connectivity index (χ3n) is 4.36. The summed E-state index contributed by atoms with van der Waals surface area (Å²) < 4.78 is 5.47. The second-order valence-corrected chi connectivity index (χ2v) is 6.85. The molecule has 0 spiro atoms. The Morgan fingerprint density at radius 1 is 1.22 bits per heavy atom. The fraction of sp³-hybridized carbons (Fsp3) is 0.222. The molecule has 4 nitrogen and oxygen atoms in total. The molecule has 1 aromatic carbocycles. The molecule has 0 saturated heterocycles. The first kappa shape index (κ1) is 14.2. The highest BCUT2D eigenvalue weighted by molar-refractivity contribution is 7.10. The molecule has 1 aliphatic carbocycles. The molecule has 0 fully saturated rings. The molecule has 3 aromatic rings. The van der Waals surface area contributed by atoms with Crippen LogP contribution in [-0.4, -0.2) is 11.1 Å². The minimum absolute atomic E-state index is 0.211. The number of benzene rings is 1. The molecule has 5 heteroatoms. The number of aryl methyl sites for hydroxylation is 3. The van der Waals surface area contributed by atoms with Gasteiger partial charge >= 0.3 is 0 Å². The van der Waals surface area contributed by atoms with E-state index >= 15 is 0 Å². The highest BCUT2D eigenvalue weighted by Gasteiger charge is 2.28. The van der Waals surface area contributed by atoms with Crippen LogP contribution in [0.5, 0.6) is 0 Å². The molecule has 23 heavy (non-hydrogen) atoms. The van der Waals surface area contributed by atoms with E-state index in [-0.39, 0.29) is 5.91 Å². The SMILES string of the molecule is Cc1ccc(NC(=O)c2noc3c2CCc2sccc2-3)cc1C. The van der Waals surface area contributed by atoms with Crippen LogP contribution in [-0.2, 0) is 12.8 Å². The van der Waals surface area contributed by atoms with Gasteiger partial charge in [-0.3, -0.25) is 4.79 Å². The Balaban J connectivity index is 1.64. The van der Waals surface area contributed by atoms with Crippen LogP contribution in [0.4, 0.5) is 5.69 Å². The molecule has 0 atom stereocenters. The molecule has 2 aromatic heterocycles. The molecule has 0 saturated carbocycles. The number of aromatic nitrogens is 1. The quantitative estimate of drug-likeness (QED) is 0.761. The number of fused-ring (bicyclic) bond motifs is 3. The van der Waals surface area contributed by atoms with Crippen molar-refractivity contribution in [2.45, 2.75) is 26.7 Å². The lowest BCUT2D eigenvalue weighted by molar-refractivity contribution is 0.101. The normalized spacial score (nSPS) is 12.6. The number of hydrogen-bond donors (Lipinski definition) is 1. The number of thiophene rings is 1. The minimum Gasteiger partial charge on any atom is -0.355 e. The second-order valence-electron chi connectivity index (χ2n) is 5.85. The number of nitrogens with zero attached hydrogens (tertiary/aromatic N) is 1. The molecule has 116 valence electrons. The van der Waals surface area contributed by atoms with Crippen LogP contribution in [0.15, 0.2) is 34.2 Å². The number of rotatable bonds is 2. The average Bonchev–Trinajstić information content (AvgIpc) is 3.16. The van der Waals surface area contributed by atoms with E-state index in [1.54, 1.807) is 11.3 Å². The van der Waals surface area contributed by atoms with Crippen LogP contribution in [0.25, 0.3) is 11.3 Å². The number of hydrogen-bond acceptors (Lipinski definition) is 4. The molecule has 1 N–H and O–H groups in total. The zero-order chi connectivity index (χ0) is 16.0. The first-order chi connectivity index (χ1) is 11.1. The number of nitrogens with one attached hydrogen (secondary N) is 1.